The summed E-state index contributed by atoms with van der Waals surface area (Å²) in [6, 6.07) is 13.8. The lowest BCUT2D eigenvalue weighted by molar-refractivity contribution is -0.122. The van der Waals surface area contributed by atoms with E-state index in [1.807, 2.05) is 0 Å². The average Bonchev–Trinajstić information content (AvgIpc) is 2.78. The van der Waals surface area contributed by atoms with Gasteiger partial charge in [-0.2, -0.15) is 4.72 Å². The van der Waals surface area contributed by atoms with Crippen molar-refractivity contribution in [1.29, 1.82) is 0 Å². The summed E-state index contributed by atoms with van der Waals surface area (Å²) in [5.74, 6) is -1.79. The molecule has 1 aromatic heterocycles. The third-order valence-corrected chi connectivity index (χ3v) is 6.02. The first-order chi connectivity index (χ1) is 15.3. The van der Waals surface area contributed by atoms with E-state index in [0.717, 1.165) is 12.1 Å². The van der Waals surface area contributed by atoms with E-state index >= 15 is 0 Å². The van der Waals surface area contributed by atoms with E-state index in [2.05, 4.69) is 20.3 Å². The van der Waals surface area contributed by atoms with E-state index < -0.39 is 32.7 Å². The number of benzene rings is 2. The summed E-state index contributed by atoms with van der Waals surface area (Å²) in [4.78, 5) is 27.9. The molecule has 10 heteroatoms. The van der Waals surface area contributed by atoms with Crippen molar-refractivity contribution in [3.8, 4) is 0 Å². The van der Waals surface area contributed by atoms with Crippen LogP contribution >= 0.6 is 0 Å². The maximum atomic E-state index is 13.8. The summed E-state index contributed by atoms with van der Waals surface area (Å²) < 4.78 is 40.6. The van der Waals surface area contributed by atoms with Gasteiger partial charge in [0, 0.05) is 30.2 Å². The van der Waals surface area contributed by atoms with E-state index in [9.17, 15) is 22.4 Å². The predicted molar refractivity (Wildman–Crippen MR) is 117 cm³/mol. The van der Waals surface area contributed by atoms with Crippen LogP contribution < -0.4 is 15.4 Å². The molecule has 0 radical (unpaired) electrons. The molecule has 0 bridgehead atoms. The van der Waals surface area contributed by atoms with Crippen LogP contribution in [0.15, 0.2) is 78.0 Å². The number of sulfonamides is 1. The van der Waals surface area contributed by atoms with Gasteiger partial charge in [0.2, 0.25) is 15.9 Å². The molecule has 1 heterocycles. The summed E-state index contributed by atoms with van der Waals surface area (Å²) in [6.07, 6.45) is 3.03. The Bertz CT molecular complexity index is 1220. The van der Waals surface area contributed by atoms with Crippen LogP contribution in [-0.2, 0) is 21.4 Å². The quantitative estimate of drug-likeness (QED) is 0.481. The van der Waals surface area contributed by atoms with Gasteiger partial charge in [0.15, 0.2) is 0 Å². The van der Waals surface area contributed by atoms with Crippen molar-refractivity contribution in [2.24, 2.45) is 0 Å². The van der Waals surface area contributed by atoms with Crippen molar-refractivity contribution in [2.45, 2.75) is 24.4 Å². The molecule has 3 rings (SSSR count). The third-order valence-electron chi connectivity index (χ3n) is 4.45. The van der Waals surface area contributed by atoms with Crippen LogP contribution in [-0.4, -0.2) is 31.3 Å². The van der Waals surface area contributed by atoms with Crippen LogP contribution in [0, 0.1) is 5.82 Å². The molecule has 3 aromatic rings. The molecule has 0 saturated carbocycles. The highest BCUT2D eigenvalue weighted by Crippen LogP contribution is 2.14. The SMILES string of the molecule is C[C@H](NS(=O)(=O)c1ccccc1F)C(=O)NCc1cccc(NC(=O)c2ccncc2)c1. The summed E-state index contributed by atoms with van der Waals surface area (Å²) >= 11 is 0. The molecule has 0 unspecified atom stereocenters. The smallest absolute Gasteiger partial charge is 0.255 e. The predicted octanol–water partition coefficient (Wildman–Crippen LogP) is 2.46. The highest BCUT2D eigenvalue weighted by Gasteiger charge is 2.24. The zero-order chi connectivity index (χ0) is 23.1. The largest absolute Gasteiger partial charge is 0.351 e. The van der Waals surface area contributed by atoms with Gasteiger partial charge in [-0.3, -0.25) is 14.6 Å². The summed E-state index contributed by atoms with van der Waals surface area (Å²) in [6.45, 7) is 1.46. The Morgan fingerprint density at radius 2 is 1.75 bits per heavy atom. The average molecular weight is 456 g/mol. The van der Waals surface area contributed by atoms with Gasteiger partial charge in [-0.25, -0.2) is 12.8 Å². The minimum atomic E-state index is -4.20. The number of anilines is 1. The van der Waals surface area contributed by atoms with Crippen LogP contribution in [0.25, 0.3) is 0 Å². The van der Waals surface area contributed by atoms with E-state index in [-0.39, 0.29) is 12.5 Å². The number of nitrogens with zero attached hydrogens (tertiary/aromatic N) is 1. The zero-order valence-corrected chi connectivity index (χ0v) is 17.9. The fourth-order valence-electron chi connectivity index (χ4n) is 2.82. The Morgan fingerprint density at radius 3 is 2.47 bits per heavy atom. The van der Waals surface area contributed by atoms with Crippen molar-refractivity contribution in [1.82, 2.24) is 15.0 Å². The number of nitrogens with one attached hydrogen (secondary N) is 3. The zero-order valence-electron chi connectivity index (χ0n) is 17.1. The molecule has 2 amide bonds. The molecule has 32 heavy (non-hydrogen) atoms. The maximum Gasteiger partial charge on any atom is 0.255 e. The number of rotatable bonds is 8. The third kappa shape index (κ3) is 5.96. The van der Waals surface area contributed by atoms with Crippen molar-refractivity contribution < 1.29 is 22.4 Å². The van der Waals surface area contributed by atoms with Crippen LogP contribution in [0.4, 0.5) is 10.1 Å². The molecule has 3 N–H and O–H groups in total. The van der Waals surface area contributed by atoms with Crippen molar-refractivity contribution in [3.63, 3.8) is 0 Å². The Labute approximate surface area is 184 Å². The molecular weight excluding hydrogens is 435 g/mol. The van der Waals surface area contributed by atoms with Crippen LogP contribution in [0.5, 0.6) is 0 Å². The number of halogens is 1. The number of carbonyl (C=O) groups excluding carboxylic acids is 2. The second-order valence-corrected chi connectivity index (χ2v) is 8.56. The number of pyridine rings is 1. The Hall–Kier alpha value is -3.63. The Kier molecular flexibility index (Phi) is 7.29. The van der Waals surface area contributed by atoms with Gasteiger partial charge in [0.25, 0.3) is 5.91 Å². The summed E-state index contributed by atoms with van der Waals surface area (Å²) in [5.41, 5.74) is 1.68. The van der Waals surface area contributed by atoms with E-state index in [1.165, 1.54) is 31.5 Å². The van der Waals surface area contributed by atoms with Crippen molar-refractivity contribution in [3.05, 3.63) is 90.0 Å². The highest BCUT2D eigenvalue weighted by molar-refractivity contribution is 7.89. The number of aromatic nitrogens is 1. The fourth-order valence-corrected chi connectivity index (χ4v) is 4.10. The number of amides is 2. The molecule has 0 aliphatic heterocycles. The molecular formula is C22H21FN4O4S. The Balaban J connectivity index is 1.58. The van der Waals surface area contributed by atoms with Gasteiger partial charge in [-0.05, 0) is 48.9 Å². The topological polar surface area (TPSA) is 117 Å². The lowest BCUT2D eigenvalue weighted by Gasteiger charge is -2.15. The van der Waals surface area contributed by atoms with Gasteiger partial charge in [0.1, 0.15) is 10.7 Å². The molecule has 1 atom stereocenters. The second-order valence-electron chi connectivity index (χ2n) is 6.88. The minimum Gasteiger partial charge on any atom is -0.351 e. The maximum absolute atomic E-state index is 13.8. The molecule has 0 fully saturated rings. The van der Waals surface area contributed by atoms with Gasteiger partial charge >= 0.3 is 0 Å². The summed E-state index contributed by atoms with van der Waals surface area (Å²) in [7, 11) is -4.20. The molecule has 0 saturated heterocycles. The van der Waals surface area contributed by atoms with Crippen LogP contribution in [0.1, 0.15) is 22.8 Å². The monoisotopic (exact) mass is 456 g/mol. The first-order valence-corrected chi connectivity index (χ1v) is 11.1. The molecule has 2 aromatic carbocycles. The lowest BCUT2D eigenvalue weighted by atomic mass is 10.2. The second kappa shape index (κ2) is 10.1. The van der Waals surface area contributed by atoms with Gasteiger partial charge in [0.05, 0.1) is 6.04 Å². The lowest BCUT2D eigenvalue weighted by Crippen LogP contribution is -2.44. The van der Waals surface area contributed by atoms with E-state index in [0.29, 0.717) is 16.8 Å². The molecule has 166 valence electrons. The highest BCUT2D eigenvalue weighted by atomic mass is 32.2. The molecule has 0 spiro atoms. The number of hydrogen-bond acceptors (Lipinski definition) is 5. The van der Waals surface area contributed by atoms with Crippen LogP contribution in [0.2, 0.25) is 0 Å². The number of carbonyl (C=O) groups is 2. The first kappa shape index (κ1) is 23.0. The van der Waals surface area contributed by atoms with Crippen LogP contribution in [0.3, 0.4) is 0 Å². The normalized spacial score (nSPS) is 12.1. The first-order valence-electron chi connectivity index (χ1n) is 9.61. The Morgan fingerprint density at radius 1 is 1.03 bits per heavy atom. The van der Waals surface area contributed by atoms with Gasteiger partial charge in [-0.15, -0.1) is 0 Å². The minimum absolute atomic E-state index is 0.101. The molecule has 8 nitrogen and oxygen atoms in total. The standard InChI is InChI=1S/C22H21FN4O4S/c1-15(27-32(30,31)20-8-3-2-7-19(20)23)21(28)25-14-16-5-4-6-18(13-16)26-22(29)17-9-11-24-12-10-17/h2-13,15,27H,14H2,1H3,(H,25,28)(H,26,29)/t15-/m0/s1. The molecule has 0 aliphatic carbocycles. The van der Waals surface area contributed by atoms with E-state index in [4.69, 9.17) is 0 Å². The van der Waals surface area contributed by atoms with Gasteiger partial charge < -0.3 is 10.6 Å². The van der Waals surface area contributed by atoms with Crippen molar-refractivity contribution in [2.75, 3.05) is 5.32 Å². The van der Waals surface area contributed by atoms with Gasteiger partial charge in [-0.1, -0.05) is 24.3 Å². The summed E-state index contributed by atoms with van der Waals surface area (Å²) in [5, 5.41) is 5.38. The van der Waals surface area contributed by atoms with Crippen molar-refractivity contribution >= 4 is 27.5 Å². The number of hydrogen-bond donors (Lipinski definition) is 3. The fraction of sp³-hybridized carbons (Fsp3) is 0.136. The van der Waals surface area contributed by atoms with E-state index in [1.54, 1.807) is 36.4 Å². The molecule has 0 aliphatic rings.